The maximum atomic E-state index is 11.4. The van der Waals surface area contributed by atoms with Crippen molar-refractivity contribution in [2.75, 3.05) is 7.11 Å². The number of ether oxygens (including phenoxy) is 1. The van der Waals surface area contributed by atoms with Crippen molar-refractivity contribution in [3.8, 4) is 0 Å². The van der Waals surface area contributed by atoms with E-state index in [9.17, 15) is 4.79 Å². The third-order valence-corrected chi connectivity index (χ3v) is 2.96. The smallest absolute Gasteiger partial charge is 0.313 e. The molecule has 96 valence electrons. The number of hydrogen-bond donors (Lipinski definition) is 0. The van der Waals surface area contributed by atoms with E-state index in [1.165, 1.54) is 12.7 Å². The van der Waals surface area contributed by atoms with Crippen molar-refractivity contribution in [3.05, 3.63) is 29.6 Å². The minimum atomic E-state index is -0.260. The summed E-state index contributed by atoms with van der Waals surface area (Å²) in [6, 6.07) is 6.41. The van der Waals surface area contributed by atoms with Crippen LogP contribution in [0.15, 0.2) is 18.2 Å². The lowest BCUT2D eigenvalue weighted by Crippen LogP contribution is -2.12. The van der Waals surface area contributed by atoms with Crippen LogP contribution in [0, 0.1) is 6.92 Å². The van der Waals surface area contributed by atoms with Gasteiger partial charge in [0.05, 0.1) is 18.1 Å². The van der Waals surface area contributed by atoms with E-state index < -0.39 is 0 Å². The van der Waals surface area contributed by atoms with Gasteiger partial charge >= 0.3 is 5.97 Å². The summed E-state index contributed by atoms with van der Waals surface area (Å²) in [4.78, 5) is 16.0. The molecular formula is C14H18N2O2. The van der Waals surface area contributed by atoms with Crippen molar-refractivity contribution < 1.29 is 9.53 Å². The van der Waals surface area contributed by atoms with Crippen molar-refractivity contribution in [1.82, 2.24) is 9.55 Å². The van der Waals surface area contributed by atoms with E-state index in [2.05, 4.69) is 35.5 Å². The Bertz CT molecular complexity index is 585. The van der Waals surface area contributed by atoms with Crippen LogP contribution in [0.4, 0.5) is 0 Å². The number of imidazole rings is 1. The zero-order valence-electron chi connectivity index (χ0n) is 11.2. The first-order valence-corrected chi connectivity index (χ1v) is 6.07. The Morgan fingerprint density at radius 2 is 2.17 bits per heavy atom. The third-order valence-electron chi connectivity index (χ3n) is 2.96. The third kappa shape index (κ3) is 2.23. The van der Waals surface area contributed by atoms with E-state index >= 15 is 0 Å². The number of rotatable bonds is 3. The van der Waals surface area contributed by atoms with Gasteiger partial charge in [0.25, 0.3) is 0 Å². The van der Waals surface area contributed by atoms with E-state index in [0.29, 0.717) is 0 Å². The zero-order valence-corrected chi connectivity index (χ0v) is 11.2. The summed E-state index contributed by atoms with van der Waals surface area (Å²) in [7, 11) is 1.40. The summed E-state index contributed by atoms with van der Waals surface area (Å²) in [6.45, 7) is 6.21. The average molecular weight is 246 g/mol. The molecule has 0 spiro atoms. The second-order valence-corrected chi connectivity index (χ2v) is 4.74. The Kier molecular flexibility index (Phi) is 3.36. The highest BCUT2D eigenvalue weighted by Gasteiger charge is 2.16. The Hall–Kier alpha value is -1.84. The van der Waals surface area contributed by atoms with Gasteiger partial charge in [-0.05, 0) is 38.5 Å². The minimum Gasteiger partial charge on any atom is -0.469 e. The molecule has 4 nitrogen and oxygen atoms in total. The van der Waals surface area contributed by atoms with Gasteiger partial charge in [-0.2, -0.15) is 0 Å². The van der Waals surface area contributed by atoms with Crippen LogP contribution in [0.2, 0.25) is 0 Å². The predicted octanol–water partition coefficient (Wildman–Crippen LogP) is 2.64. The van der Waals surface area contributed by atoms with Gasteiger partial charge < -0.3 is 9.30 Å². The predicted molar refractivity (Wildman–Crippen MR) is 70.6 cm³/mol. The minimum absolute atomic E-state index is 0.211. The molecule has 0 aliphatic rings. The fourth-order valence-electron chi connectivity index (χ4n) is 2.16. The summed E-state index contributed by atoms with van der Waals surface area (Å²) < 4.78 is 6.81. The van der Waals surface area contributed by atoms with Crippen LogP contribution in [0.5, 0.6) is 0 Å². The lowest BCUT2D eigenvalue weighted by Gasteiger charge is -2.12. The molecule has 0 fully saturated rings. The molecule has 0 bridgehead atoms. The standard InChI is InChI=1S/C14H18N2O2/c1-9(2)16-12-6-5-10(3)7-11(12)15-13(16)8-14(17)18-4/h5-7,9H,8H2,1-4H3. The Labute approximate surface area is 107 Å². The molecule has 0 saturated heterocycles. The van der Waals surface area contributed by atoms with Crippen molar-refractivity contribution in [2.45, 2.75) is 33.2 Å². The number of benzene rings is 1. The zero-order chi connectivity index (χ0) is 13.3. The molecule has 1 aromatic carbocycles. The first-order chi connectivity index (χ1) is 8.52. The summed E-state index contributed by atoms with van der Waals surface area (Å²) in [5.74, 6) is 0.501. The molecule has 4 heteroatoms. The molecule has 0 amide bonds. The molecule has 0 N–H and O–H groups in total. The lowest BCUT2D eigenvalue weighted by atomic mass is 10.2. The van der Waals surface area contributed by atoms with Gasteiger partial charge in [0.15, 0.2) is 0 Å². The number of hydrogen-bond acceptors (Lipinski definition) is 3. The molecule has 0 aliphatic carbocycles. The van der Waals surface area contributed by atoms with Crippen molar-refractivity contribution in [3.63, 3.8) is 0 Å². The van der Waals surface area contributed by atoms with E-state index in [1.54, 1.807) is 0 Å². The molecule has 2 aromatic rings. The second-order valence-electron chi connectivity index (χ2n) is 4.74. The van der Waals surface area contributed by atoms with Gasteiger partial charge in [-0.15, -0.1) is 0 Å². The van der Waals surface area contributed by atoms with E-state index in [0.717, 1.165) is 16.9 Å². The van der Waals surface area contributed by atoms with E-state index in [-0.39, 0.29) is 18.4 Å². The monoisotopic (exact) mass is 246 g/mol. The summed E-state index contributed by atoms with van der Waals surface area (Å²) in [5, 5.41) is 0. The molecule has 0 radical (unpaired) electrons. The van der Waals surface area contributed by atoms with Crippen molar-refractivity contribution in [2.24, 2.45) is 0 Å². The van der Waals surface area contributed by atoms with E-state index in [1.807, 2.05) is 13.0 Å². The van der Waals surface area contributed by atoms with Crippen LogP contribution >= 0.6 is 0 Å². The molecule has 0 unspecified atom stereocenters. The van der Waals surface area contributed by atoms with Gasteiger partial charge in [-0.1, -0.05) is 6.07 Å². The number of fused-ring (bicyclic) bond motifs is 1. The maximum Gasteiger partial charge on any atom is 0.313 e. The highest BCUT2D eigenvalue weighted by atomic mass is 16.5. The maximum absolute atomic E-state index is 11.4. The second kappa shape index (κ2) is 4.80. The molecule has 2 rings (SSSR count). The Morgan fingerprint density at radius 1 is 1.44 bits per heavy atom. The number of carbonyl (C=O) groups is 1. The van der Waals surface area contributed by atoms with Crippen LogP contribution in [0.25, 0.3) is 11.0 Å². The molecular weight excluding hydrogens is 228 g/mol. The van der Waals surface area contributed by atoms with Gasteiger partial charge in [-0.25, -0.2) is 4.98 Å². The SMILES string of the molecule is COC(=O)Cc1nc2cc(C)ccc2n1C(C)C. The van der Waals surface area contributed by atoms with Crippen LogP contribution in [0.3, 0.4) is 0 Å². The number of aromatic nitrogens is 2. The highest BCUT2D eigenvalue weighted by molar-refractivity contribution is 5.79. The number of esters is 1. The first kappa shape index (κ1) is 12.6. The van der Waals surface area contributed by atoms with Gasteiger partial charge in [0, 0.05) is 6.04 Å². The van der Waals surface area contributed by atoms with Crippen molar-refractivity contribution >= 4 is 17.0 Å². The fraction of sp³-hybridized carbons (Fsp3) is 0.429. The number of methoxy groups -OCH3 is 1. The van der Waals surface area contributed by atoms with Crippen LogP contribution in [-0.2, 0) is 16.0 Å². The summed E-state index contributed by atoms with van der Waals surface area (Å²) in [6.07, 6.45) is 0.211. The normalized spacial score (nSPS) is 11.2. The Balaban J connectivity index is 2.57. The van der Waals surface area contributed by atoms with Crippen LogP contribution < -0.4 is 0 Å². The van der Waals surface area contributed by atoms with E-state index in [4.69, 9.17) is 4.74 Å². The molecule has 1 heterocycles. The molecule has 0 saturated carbocycles. The number of aryl methyl sites for hydroxylation is 1. The summed E-state index contributed by atoms with van der Waals surface area (Å²) in [5.41, 5.74) is 3.16. The fourth-order valence-corrected chi connectivity index (χ4v) is 2.16. The highest BCUT2D eigenvalue weighted by Crippen LogP contribution is 2.22. The lowest BCUT2D eigenvalue weighted by molar-refractivity contribution is -0.139. The number of nitrogens with zero attached hydrogens (tertiary/aromatic N) is 2. The first-order valence-electron chi connectivity index (χ1n) is 6.07. The van der Waals surface area contributed by atoms with Crippen molar-refractivity contribution in [1.29, 1.82) is 0 Å². The molecule has 18 heavy (non-hydrogen) atoms. The quantitative estimate of drug-likeness (QED) is 0.782. The van der Waals surface area contributed by atoms with Gasteiger partial charge in [-0.3, -0.25) is 4.79 Å². The summed E-state index contributed by atoms with van der Waals surface area (Å²) >= 11 is 0. The topological polar surface area (TPSA) is 44.1 Å². The molecule has 0 aliphatic heterocycles. The average Bonchev–Trinajstić information content (AvgIpc) is 2.65. The van der Waals surface area contributed by atoms with Gasteiger partial charge in [0.2, 0.25) is 0 Å². The molecule has 0 atom stereocenters. The Morgan fingerprint density at radius 3 is 2.78 bits per heavy atom. The largest absolute Gasteiger partial charge is 0.469 e. The van der Waals surface area contributed by atoms with Crippen LogP contribution in [-0.4, -0.2) is 22.6 Å². The molecule has 1 aromatic heterocycles. The van der Waals surface area contributed by atoms with Crippen LogP contribution in [0.1, 0.15) is 31.3 Å². The number of carbonyl (C=O) groups excluding carboxylic acids is 1. The van der Waals surface area contributed by atoms with Gasteiger partial charge in [0.1, 0.15) is 12.2 Å².